The van der Waals surface area contributed by atoms with Gasteiger partial charge in [0.2, 0.25) is 0 Å². The molecule has 1 atom stereocenters. The first kappa shape index (κ1) is 10.4. The number of benzene rings is 1. The van der Waals surface area contributed by atoms with E-state index in [9.17, 15) is 4.39 Å². The second-order valence-electron chi connectivity index (χ2n) is 3.28. The maximum absolute atomic E-state index is 12.8. The molecule has 0 spiro atoms. The van der Waals surface area contributed by atoms with E-state index >= 15 is 0 Å². The summed E-state index contributed by atoms with van der Waals surface area (Å²) in [6.45, 7) is 3.87. The van der Waals surface area contributed by atoms with Crippen LogP contribution in [0.5, 0.6) is 0 Å². The van der Waals surface area contributed by atoms with Gasteiger partial charge >= 0.3 is 0 Å². The van der Waals surface area contributed by atoms with Crippen molar-refractivity contribution in [2.24, 2.45) is 5.73 Å². The molecular formula is C11H12FN2S. The summed E-state index contributed by atoms with van der Waals surface area (Å²) in [7, 11) is 0. The van der Waals surface area contributed by atoms with Crippen LogP contribution < -0.4 is 10.6 Å². The molecule has 1 aliphatic heterocycles. The van der Waals surface area contributed by atoms with Crippen molar-refractivity contribution < 1.29 is 4.39 Å². The fourth-order valence-corrected chi connectivity index (χ4v) is 2.42. The minimum absolute atomic E-state index is 0.218. The lowest BCUT2D eigenvalue weighted by molar-refractivity contribution is 0.627. The average molecular weight is 223 g/mol. The molecule has 79 valence electrons. The third-order valence-electron chi connectivity index (χ3n) is 2.22. The van der Waals surface area contributed by atoms with Crippen LogP contribution in [0.4, 0.5) is 10.1 Å². The van der Waals surface area contributed by atoms with E-state index in [-0.39, 0.29) is 11.2 Å². The number of rotatable bonds is 2. The quantitative estimate of drug-likeness (QED) is 0.835. The van der Waals surface area contributed by atoms with Crippen LogP contribution in [0.1, 0.15) is 6.42 Å². The van der Waals surface area contributed by atoms with E-state index in [0.717, 1.165) is 17.1 Å². The Morgan fingerprint density at radius 3 is 2.67 bits per heavy atom. The molecule has 4 heteroatoms. The molecule has 0 saturated carbocycles. The normalized spacial score (nSPS) is 20.5. The SMILES string of the molecule is [CH2]CC1SC(N)=CN1c1ccc(F)cc1. The van der Waals surface area contributed by atoms with Gasteiger partial charge < -0.3 is 10.6 Å². The molecule has 1 aromatic carbocycles. The van der Waals surface area contributed by atoms with E-state index in [4.69, 9.17) is 5.73 Å². The first-order valence-electron chi connectivity index (χ1n) is 4.68. The van der Waals surface area contributed by atoms with Crippen LogP contribution in [-0.4, -0.2) is 5.37 Å². The molecule has 1 radical (unpaired) electrons. The minimum atomic E-state index is -0.228. The Morgan fingerprint density at radius 2 is 2.07 bits per heavy atom. The molecule has 0 aromatic heterocycles. The number of halogens is 1. The number of anilines is 1. The van der Waals surface area contributed by atoms with Gasteiger partial charge in [0.05, 0.1) is 10.4 Å². The van der Waals surface area contributed by atoms with Gasteiger partial charge in [-0.15, -0.1) is 0 Å². The van der Waals surface area contributed by atoms with Gasteiger partial charge in [-0.3, -0.25) is 0 Å². The molecule has 2 N–H and O–H groups in total. The lowest BCUT2D eigenvalue weighted by Gasteiger charge is -2.23. The first-order valence-corrected chi connectivity index (χ1v) is 5.56. The number of thioether (sulfide) groups is 1. The van der Waals surface area contributed by atoms with Crippen molar-refractivity contribution in [2.45, 2.75) is 11.8 Å². The molecule has 0 bridgehead atoms. The Hall–Kier alpha value is -1.16. The highest BCUT2D eigenvalue weighted by atomic mass is 32.2. The summed E-state index contributed by atoms with van der Waals surface area (Å²) in [4.78, 5) is 2.02. The summed E-state index contributed by atoms with van der Waals surface area (Å²) in [5, 5.41) is 0.989. The standard InChI is InChI=1S/C11H12FN2S/c1-2-11-14(7-10(13)15-11)9-5-3-8(12)4-6-9/h3-7,11H,1-2,13H2. The zero-order chi connectivity index (χ0) is 10.8. The Kier molecular flexibility index (Phi) is 2.86. The predicted molar refractivity (Wildman–Crippen MR) is 62.5 cm³/mol. The van der Waals surface area contributed by atoms with Gasteiger partial charge in [0.15, 0.2) is 0 Å². The van der Waals surface area contributed by atoms with Gasteiger partial charge in [-0.25, -0.2) is 4.39 Å². The third kappa shape index (κ3) is 2.09. The van der Waals surface area contributed by atoms with Gasteiger partial charge in [0.25, 0.3) is 0 Å². The second kappa shape index (κ2) is 4.14. The summed E-state index contributed by atoms with van der Waals surface area (Å²) in [6.07, 6.45) is 2.62. The zero-order valence-corrected chi connectivity index (χ0v) is 9.01. The molecule has 0 fully saturated rings. The summed E-state index contributed by atoms with van der Waals surface area (Å²) < 4.78 is 12.8. The zero-order valence-electron chi connectivity index (χ0n) is 8.19. The van der Waals surface area contributed by atoms with Crippen molar-refractivity contribution in [3.63, 3.8) is 0 Å². The van der Waals surface area contributed by atoms with Gasteiger partial charge in [0.1, 0.15) is 5.82 Å². The van der Waals surface area contributed by atoms with E-state index in [1.165, 1.54) is 12.1 Å². The number of hydrogen-bond acceptors (Lipinski definition) is 3. The van der Waals surface area contributed by atoms with E-state index in [0.29, 0.717) is 0 Å². The predicted octanol–water partition coefficient (Wildman–Crippen LogP) is 2.69. The highest BCUT2D eigenvalue weighted by Crippen LogP contribution is 2.35. The average Bonchev–Trinajstić information content (AvgIpc) is 2.61. The molecule has 0 amide bonds. The van der Waals surface area contributed by atoms with Crippen molar-refractivity contribution >= 4 is 17.4 Å². The summed E-state index contributed by atoms with van der Waals surface area (Å²) in [5.41, 5.74) is 6.68. The second-order valence-corrected chi connectivity index (χ2v) is 4.53. The highest BCUT2D eigenvalue weighted by molar-refractivity contribution is 8.04. The Bertz CT molecular complexity index is 375. The van der Waals surface area contributed by atoms with Crippen LogP contribution in [0.2, 0.25) is 0 Å². The van der Waals surface area contributed by atoms with Gasteiger partial charge in [-0.05, 0) is 30.7 Å². The van der Waals surface area contributed by atoms with E-state index < -0.39 is 0 Å². The summed E-state index contributed by atoms with van der Waals surface area (Å²) in [6, 6.07) is 6.38. The molecule has 1 aromatic rings. The lowest BCUT2D eigenvalue weighted by Crippen LogP contribution is -2.23. The van der Waals surface area contributed by atoms with Crippen LogP contribution in [-0.2, 0) is 0 Å². The van der Waals surface area contributed by atoms with Gasteiger partial charge in [0, 0.05) is 11.9 Å². The summed E-state index contributed by atoms with van der Waals surface area (Å²) >= 11 is 1.58. The topological polar surface area (TPSA) is 29.3 Å². The van der Waals surface area contributed by atoms with Crippen LogP contribution in [0.15, 0.2) is 35.5 Å². The Labute approximate surface area is 92.9 Å². The first-order chi connectivity index (χ1) is 7.20. The fraction of sp³-hybridized carbons (Fsp3) is 0.182. The molecule has 2 rings (SSSR count). The smallest absolute Gasteiger partial charge is 0.123 e. The molecular weight excluding hydrogens is 211 g/mol. The Morgan fingerprint density at radius 1 is 1.40 bits per heavy atom. The number of hydrogen-bond donors (Lipinski definition) is 1. The van der Waals surface area contributed by atoms with Crippen molar-refractivity contribution in [2.75, 3.05) is 4.90 Å². The number of nitrogens with zero attached hydrogens (tertiary/aromatic N) is 1. The minimum Gasteiger partial charge on any atom is -0.392 e. The van der Waals surface area contributed by atoms with E-state index in [2.05, 4.69) is 6.92 Å². The maximum Gasteiger partial charge on any atom is 0.123 e. The highest BCUT2D eigenvalue weighted by Gasteiger charge is 2.23. The Balaban J connectivity index is 2.26. The van der Waals surface area contributed by atoms with Crippen molar-refractivity contribution in [1.82, 2.24) is 0 Å². The molecule has 1 unspecified atom stereocenters. The molecule has 1 heterocycles. The maximum atomic E-state index is 12.8. The van der Waals surface area contributed by atoms with E-state index in [1.54, 1.807) is 23.9 Å². The van der Waals surface area contributed by atoms with Crippen molar-refractivity contribution in [3.05, 3.63) is 48.2 Å². The van der Waals surface area contributed by atoms with Gasteiger partial charge in [-0.2, -0.15) is 0 Å². The van der Waals surface area contributed by atoms with Crippen LogP contribution in [0.25, 0.3) is 0 Å². The molecule has 0 saturated heterocycles. The monoisotopic (exact) mass is 223 g/mol. The van der Waals surface area contributed by atoms with Crippen LogP contribution in [0.3, 0.4) is 0 Å². The molecule has 2 nitrogen and oxygen atoms in total. The van der Waals surface area contributed by atoms with E-state index in [1.807, 2.05) is 11.1 Å². The van der Waals surface area contributed by atoms with Crippen molar-refractivity contribution in [1.29, 1.82) is 0 Å². The lowest BCUT2D eigenvalue weighted by atomic mass is 10.2. The summed E-state index contributed by atoms with van der Waals surface area (Å²) in [5.74, 6) is -0.228. The van der Waals surface area contributed by atoms with Crippen molar-refractivity contribution in [3.8, 4) is 0 Å². The fourth-order valence-electron chi connectivity index (χ4n) is 1.52. The molecule has 15 heavy (non-hydrogen) atoms. The van der Waals surface area contributed by atoms with Gasteiger partial charge in [-0.1, -0.05) is 18.7 Å². The van der Waals surface area contributed by atoms with Crippen LogP contribution in [0, 0.1) is 12.7 Å². The molecule has 0 aliphatic carbocycles. The number of nitrogens with two attached hydrogens (primary N) is 1. The third-order valence-corrected chi connectivity index (χ3v) is 3.33. The van der Waals surface area contributed by atoms with Crippen LogP contribution >= 0.6 is 11.8 Å². The largest absolute Gasteiger partial charge is 0.392 e. The molecule has 1 aliphatic rings.